The molecule has 0 N–H and O–H groups in total. The molecule has 0 saturated carbocycles. The van der Waals surface area contributed by atoms with Crippen molar-refractivity contribution in [3.63, 3.8) is 0 Å². The molecule has 0 fully saturated rings. The van der Waals surface area contributed by atoms with Crippen molar-refractivity contribution in [3.8, 4) is 11.1 Å². The van der Waals surface area contributed by atoms with Crippen LogP contribution in [0.1, 0.15) is 132 Å². The maximum atomic E-state index is 2.77. The molecule has 0 nitrogen and oxygen atoms in total. The third kappa shape index (κ3) is 5.57. The normalized spacial score (nSPS) is 22.9. The summed E-state index contributed by atoms with van der Waals surface area (Å²) in [7, 11) is -1.33. The van der Waals surface area contributed by atoms with E-state index in [9.17, 15) is 0 Å². The van der Waals surface area contributed by atoms with Crippen LogP contribution in [0.25, 0.3) is 11.1 Å². The number of allylic oxidation sites excluding steroid dienone is 4. The van der Waals surface area contributed by atoms with E-state index in [-0.39, 0.29) is 46.5 Å². The maximum Gasteiger partial charge on any atom is -1.00 e. The molecule has 0 amide bonds. The van der Waals surface area contributed by atoms with E-state index >= 15 is 0 Å². The Balaban J connectivity index is 0.00000221. The summed E-state index contributed by atoms with van der Waals surface area (Å²) in [6.07, 6.45) is 11.6. The summed E-state index contributed by atoms with van der Waals surface area (Å²) < 4.78 is 4.18. The van der Waals surface area contributed by atoms with Gasteiger partial charge in [0.25, 0.3) is 0 Å². The molecule has 238 valence electrons. The van der Waals surface area contributed by atoms with Crippen molar-refractivity contribution < 1.29 is 46.1 Å². The fourth-order valence-corrected chi connectivity index (χ4v) is 19.1. The molecule has 4 aliphatic carbocycles. The van der Waals surface area contributed by atoms with Crippen molar-refractivity contribution in [1.82, 2.24) is 0 Å². The zero-order valence-electron chi connectivity index (χ0n) is 29.8. The summed E-state index contributed by atoms with van der Waals surface area (Å²) >= 11 is -2.27. The van der Waals surface area contributed by atoms with E-state index in [2.05, 4.69) is 125 Å². The minimum atomic E-state index is -2.27. The molecule has 0 bridgehead atoms. The van der Waals surface area contributed by atoms with Crippen LogP contribution in [-0.4, -0.2) is 11.3 Å². The monoisotopic (exact) mass is 724 g/mol. The molecule has 44 heavy (non-hydrogen) atoms. The number of fused-ring (bicyclic) bond motifs is 5. The number of benzene rings is 2. The molecule has 1 atom stereocenters. The number of aryl methyl sites for hydroxylation is 1. The number of rotatable bonds is 3. The third-order valence-corrected chi connectivity index (χ3v) is 22.5. The topological polar surface area (TPSA) is 0 Å². The van der Waals surface area contributed by atoms with Crippen LogP contribution in [0.4, 0.5) is 0 Å². The zero-order valence-corrected chi connectivity index (χ0v) is 34.8. The molecule has 4 aliphatic rings. The van der Waals surface area contributed by atoms with E-state index in [1.54, 1.807) is 52.9 Å². The minimum Gasteiger partial charge on any atom is -1.00 e. The molecule has 0 aliphatic heterocycles. The Hall–Kier alpha value is -0.530. The van der Waals surface area contributed by atoms with E-state index in [1.807, 2.05) is 3.28 Å². The Morgan fingerprint density at radius 1 is 0.773 bits per heavy atom. The van der Waals surface area contributed by atoms with Gasteiger partial charge in [-0.15, -0.1) is 0 Å². The standard InChI is InChI=1S/C29H37.C8H13Si.C3H6.2ClH.Zr/c1-26(2)11-9-10-18-13-21-19(14-23(18)26)12-20-15-25-24(16-22(20)21)27(3,4)17-28(5,6)29(25,7)8;1-9(2,3)8-6-4-5-7-8;1-3-2;;;/h12-16H,9-11,17H2,1-8H3;6-7H,4H2,1-3H3;1-2H3;2*1H;/q;;;;;+2/p-2. The Labute approximate surface area is 291 Å². The predicted molar refractivity (Wildman–Crippen MR) is 185 cm³/mol. The molecule has 4 heteroatoms. The molecule has 0 saturated heterocycles. The summed E-state index contributed by atoms with van der Waals surface area (Å²) in [4.78, 5) is 0. The molecule has 0 spiro atoms. The van der Waals surface area contributed by atoms with E-state index in [0.717, 1.165) is 0 Å². The van der Waals surface area contributed by atoms with Crippen molar-refractivity contribution in [2.75, 3.05) is 0 Å². The maximum absolute atomic E-state index is 2.77. The summed E-state index contributed by atoms with van der Waals surface area (Å²) in [6, 6.07) is 10.9. The van der Waals surface area contributed by atoms with Crippen LogP contribution in [0, 0.1) is 5.41 Å². The Morgan fingerprint density at radius 2 is 1.36 bits per heavy atom. The largest absolute Gasteiger partial charge is 1.00 e. The van der Waals surface area contributed by atoms with Crippen LogP contribution in [0.5, 0.6) is 0 Å². The first-order valence-corrected chi connectivity index (χ1v) is 24.1. The average Bonchev–Trinajstić information content (AvgIpc) is 3.45. The van der Waals surface area contributed by atoms with Crippen molar-refractivity contribution in [1.29, 1.82) is 0 Å². The van der Waals surface area contributed by atoms with Gasteiger partial charge in [-0.25, -0.2) is 0 Å². The average molecular weight is 727 g/mol. The summed E-state index contributed by atoms with van der Waals surface area (Å²) in [5.74, 6) is 0. The van der Waals surface area contributed by atoms with Gasteiger partial charge in [0, 0.05) is 0 Å². The first kappa shape index (κ1) is 36.3. The van der Waals surface area contributed by atoms with Gasteiger partial charge in [0.1, 0.15) is 0 Å². The molecule has 2 aromatic rings. The molecular weight excluding hydrogens is 671 g/mol. The van der Waals surface area contributed by atoms with Crippen LogP contribution in [0.3, 0.4) is 0 Å². The molecule has 0 radical (unpaired) electrons. The van der Waals surface area contributed by atoms with E-state index in [4.69, 9.17) is 0 Å². The second-order valence-electron chi connectivity index (χ2n) is 18.0. The van der Waals surface area contributed by atoms with Gasteiger partial charge in [-0.2, -0.15) is 0 Å². The molecule has 0 heterocycles. The summed E-state index contributed by atoms with van der Waals surface area (Å²) in [5, 5.41) is 1.69. The van der Waals surface area contributed by atoms with Crippen molar-refractivity contribution in [2.24, 2.45) is 5.41 Å². The van der Waals surface area contributed by atoms with Gasteiger partial charge < -0.3 is 24.8 Å². The summed E-state index contributed by atoms with van der Waals surface area (Å²) in [5.41, 5.74) is 13.9. The fraction of sp³-hybridized carbons (Fsp3) is 0.575. The molecule has 1 unspecified atom stereocenters. The van der Waals surface area contributed by atoms with Crippen LogP contribution >= 0.6 is 0 Å². The van der Waals surface area contributed by atoms with Crippen molar-refractivity contribution >= 4 is 11.3 Å². The number of hydrogen-bond acceptors (Lipinski definition) is 0. The fourth-order valence-electron chi connectivity index (χ4n) is 9.29. The van der Waals surface area contributed by atoms with Gasteiger partial charge >= 0.3 is 268 Å². The van der Waals surface area contributed by atoms with Gasteiger partial charge in [-0.05, 0) is 0 Å². The third-order valence-electron chi connectivity index (χ3n) is 12.2. The van der Waals surface area contributed by atoms with Crippen LogP contribution in [0.2, 0.25) is 19.6 Å². The zero-order chi connectivity index (χ0) is 30.8. The van der Waals surface area contributed by atoms with Gasteiger partial charge in [0.2, 0.25) is 0 Å². The SMILES string of the molecule is C[C](C)=[Zr+2]([C]1=CC([Si](C)(C)C)=CC1)[CH]1c2cc3c(cc2-c2cc4c(cc21)C(C)(C)C(C)(C)CC4(C)C)CCCC3(C)C.[Cl-].[Cl-]. The van der Waals surface area contributed by atoms with Gasteiger partial charge in [-0.1, -0.05) is 0 Å². The van der Waals surface area contributed by atoms with Crippen molar-refractivity contribution in [2.45, 2.75) is 141 Å². The van der Waals surface area contributed by atoms with E-state index in [0.29, 0.717) is 3.63 Å². The summed E-state index contributed by atoms with van der Waals surface area (Å²) in [6.45, 7) is 32.7. The molecular formula is C40H56Cl2SiZr. The molecule has 2 aromatic carbocycles. The predicted octanol–water partition coefficient (Wildman–Crippen LogP) is 5.29. The van der Waals surface area contributed by atoms with Crippen LogP contribution in [-0.2, 0) is 43.9 Å². The quantitative estimate of drug-likeness (QED) is 0.378. The van der Waals surface area contributed by atoms with E-state index in [1.165, 1.54) is 32.1 Å². The van der Waals surface area contributed by atoms with Crippen LogP contribution < -0.4 is 24.8 Å². The second kappa shape index (κ2) is 11.6. The van der Waals surface area contributed by atoms with E-state index < -0.39 is 29.3 Å². The molecule has 0 aromatic heterocycles. The van der Waals surface area contributed by atoms with Gasteiger partial charge in [-0.3, -0.25) is 0 Å². The molecule has 6 rings (SSSR count). The van der Waals surface area contributed by atoms with Crippen LogP contribution in [0.15, 0.2) is 44.9 Å². The minimum absolute atomic E-state index is 0. The first-order valence-electron chi connectivity index (χ1n) is 16.7. The van der Waals surface area contributed by atoms with Gasteiger partial charge in [0.05, 0.1) is 0 Å². The first-order chi connectivity index (χ1) is 19.3. The van der Waals surface area contributed by atoms with Crippen molar-refractivity contribution in [3.05, 3.63) is 78.3 Å². The van der Waals surface area contributed by atoms with Gasteiger partial charge in [0.15, 0.2) is 0 Å². The Kier molecular flexibility index (Phi) is 9.54. The second-order valence-corrected chi connectivity index (χ2v) is 30.6. The number of halogens is 2. The smallest absolute Gasteiger partial charge is 1.00 e. The number of hydrogen-bond donors (Lipinski definition) is 0. The Bertz CT molecular complexity index is 1600. The Morgan fingerprint density at radius 3 is 1.93 bits per heavy atom.